The fraction of sp³-hybridized carbons (Fsp3) is 0.474. The minimum Gasteiger partial charge on any atom is -0.481 e. The summed E-state index contributed by atoms with van der Waals surface area (Å²) in [7, 11) is 0. The molecule has 0 atom stereocenters. The Balaban J connectivity index is 2.11. The number of fused-ring (bicyclic) bond motifs is 1. The van der Waals surface area contributed by atoms with Crippen molar-refractivity contribution in [1.29, 1.82) is 0 Å². The largest absolute Gasteiger partial charge is 0.481 e. The molecule has 0 unspecified atom stereocenters. The van der Waals surface area contributed by atoms with E-state index in [0.717, 1.165) is 30.4 Å². The Labute approximate surface area is 147 Å². The van der Waals surface area contributed by atoms with Crippen molar-refractivity contribution in [3.05, 3.63) is 30.0 Å². The maximum atomic E-state index is 11.8. The van der Waals surface area contributed by atoms with Crippen LogP contribution in [0.4, 0.5) is 0 Å². The number of carbonyl (C=O) groups excluding carboxylic acids is 1. The number of carboxylic acids is 1. The fourth-order valence-electron chi connectivity index (χ4n) is 2.90. The first-order valence-electron chi connectivity index (χ1n) is 8.67. The molecule has 0 aliphatic carbocycles. The SMILES string of the molecule is CCN(CCc1c[nH]c2c(OC(=O)CCC(=O)O)cccc12)C(C)C. The molecule has 0 bridgehead atoms. The second kappa shape index (κ2) is 8.67. The van der Waals surface area contributed by atoms with Gasteiger partial charge in [0.05, 0.1) is 18.4 Å². The van der Waals surface area contributed by atoms with E-state index < -0.39 is 11.9 Å². The number of aromatic nitrogens is 1. The average molecular weight is 346 g/mol. The Hall–Kier alpha value is -2.34. The van der Waals surface area contributed by atoms with Crippen molar-refractivity contribution in [2.75, 3.05) is 13.1 Å². The maximum absolute atomic E-state index is 11.8. The monoisotopic (exact) mass is 346 g/mol. The number of aromatic amines is 1. The van der Waals surface area contributed by atoms with E-state index in [0.29, 0.717) is 11.8 Å². The molecule has 25 heavy (non-hydrogen) atoms. The van der Waals surface area contributed by atoms with Gasteiger partial charge in [0.1, 0.15) is 0 Å². The van der Waals surface area contributed by atoms with Crippen LogP contribution in [0, 0.1) is 0 Å². The number of aliphatic carboxylic acids is 1. The Bertz CT molecular complexity index is 736. The quantitative estimate of drug-likeness (QED) is 0.538. The van der Waals surface area contributed by atoms with Crippen LogP contribution in [0.1, 0.15) is 39.2 Å². The van der Waals surface area contributed by atoms with Crippen LogP contribution >= 0.6 is 0 Å². The van der Waals surface area contributed by atoms with Crippen LogP contribution in [-0.4, -0.2) is 46.1 Å². The van der Waals surface area contributed by atoms with E-state index in [1.54, 1.807) is 6.07 Å². The number of hydrogen-bond acceptors (Lipinski definition) is 4. The summed E-state index contributed by atoms with van der Waals surface area (Å²) in [5.41, 5.74) is 1.95. The summed E-state index contributed by atoms with van der Waals surface area (Å²) in [5.74, 6) is -1.11. The van der Waals surface area contributed by atoms with Gasteiger partial charge in [-0.2, -0.15) is 0 Å². The van der Waals surface area contributed by atoms with Crippen molar-refractivity contribution in [3.63, 3.8) is 0 Å². The molecule has 0 spiro atoms. The molecule has 0 radical (unpaired) electrons. The van der Waals surface area contributed by atoms with Crippen molar-refractivity contribution >= 4 is 22.8 Å². The Morgan fingerprint density at radius 2 is 2.04 bits per heavy atom. The Kier molecular flexibility index (Phi) is 6.58. The number of likely N-dealkylation sites (N-methyl/N-ethyl adjacent to an activating group) is 1. The van der Waals surface area contributed by atoms with E-state index in [9.17, 15) is 9.59 Å². The number of carbonyl (C=O) groups is 2. The highest BCUT2D eigenvalue weighted by atomic mass is 16.5. The number of ether oxygens (including phenoxy) is 1. The predicted octanol–water partition coefficient (Wildman–Crippen LogP) is 3.21. The van der Waals surface area contributed by atoms with Crippen LogP contribution in [0.25, 0.3) is 10.9 Å². The van der Waals surface area contributed by atoms with Gasteiger partial charge in [0, 0.05) is 24.2 Å². The fourth-order valence-corrected chi connectivity index (χ4v) is 2.90. The van der Waals surface area contributed by atoms with Crippen molar-refractivity contribution in [2.24, 2.45) is 0 Å². The van der Waals surface area contributed by atoms with E-state index in [-0.39, 0.29) is 12.8 Å². The van der Waals surface area contributed by atoms with Crippen molar-refractivity contribution < 1.29 is 19.4 Å². The van der Waals surface area contributed by atoms with Crippen molar-refractivity contribution in [1.82, 2.24) is 9.88 Å². The zero-order valence-electron chi connectivity index (χ0n) is 15.0. The first-order valence-corrected chi connectivity index (χ1v) is 8.67. The lowest BCUT2D eigenvalue weighted by atomic mass is 10.1. The zero-order valence-corrected chi connectivity index (χ0v) is 15.0. The van der Waals surface area contributed by atoms with Gasteiger partial charge >= 0.3 is 11.9 Å². The van der Waals surface area contributed by atoms with Crippen LogP contribution in [0.2, 0.25) is 0 Å². The first-order chi connectivity index (χ1) is 11.9. The highest BCUT2D eigenvalue weighted by Crippen LogP contribution is 2.28. The summed E-state index contributed by atoms with van der Waals surface area (Å²) < 4.78 is 5.33. The number of rotatable bonds is 9. The van der Waals surface area contributed by atoms with Gasteiger partial charge in [0.25, 0.3) is 0 Å². The van der Waals surface area contributed by atoms with E-state index in [2.05, 4.69) is 30.7 Å². The maximum Gasteiger partial charge on any atom is 0.311 e. The predicted molar refractivity (Wildman–Crippen MR) is 96.9 cm³/mol. The second-order valence-corrected chi connectivity index (χ2v) is 6.33. The van der Waals surface area contributed by atoms with Gasteiger partial charge in [0.15, 0.2) is 5.75 Å². The number of H-pyrrole nitrogens is 1. The molecule has 6 nitrogen and oxygen atoms in total. The molecule has 136 valence electrons. The topological polar surface area (TPSA) is 82.6 Å². The number of hydrogen-bond donors (Lipinski definition) is 2. The van der Waals surface area contributed by atoms with Gasteiger partial charge in [-0.15, -0.1) is 0 Å². The van der Waals surface area contributed by atoms with E-state index in [1.807, 2.05) is 18.3 Å². The van der Waals surface area contributed by atoms with E-state index in [4.69, 9.17) is 9.84 Å². The molecule has 1 aromatic carbocycles. The summed E-state index contributed by atoms with van der Waals surface area (Å²) in [4.78, 5) is 27.9. The molecule has 0 amide bonds. The highest BCUT2D eigenvalue weighted by molar-refractivity contribution is 5.90. The second-order valence-electron chi connectivity index (χ2n) is 6.33. The molecule has 0 saturated carbocycles. The molecule has 2 N–H and O–H groups in total. The number of para-hydroxylation sites is 1. The van der Waals surface area contributed by atoms with Gasteiger partial charge in [-0.05, 0) is 38.4 Å². The number of nitrogens with zero attached hydrogens (tertiary/aromatic N) is 1. The van der Waals surface area contributed by atoms with Crippen LogP contribution in [0.5, 0.6) is 5.75 Å². The van der Waals surface area contributed by atoms with Gasteiger partial charge in [-0.1, -0.05) is 19.1 Å². The highest BCUT2D eigenvalue weighted by Gasteiger charge is 2.14. The molecule has 1 heterocycles. The summed E-state index contributed by atoms with van der Waals surface area (Å²) >= 11 is 0. The van der Waals surface area contributed by atoms with E-state index >= 15 is 0 Å². The minimum atomic E-state index is -1.01. The molecular weight excluding hydrogens is 320 g/mol. The molecule has 1 aromatic heterocycles. The summed E-state index contributed by atoms with van der Waals surface area (Å²) in [6.07, 6.45) is 2.49. The number of esters is 1. The van der Waals surface area contributed by atoms with Gasteiger partial charge in [0.2, 0.25) is 0 Å². The first kappa shape index (κ1) is 19.0. The minimum absolute atomic E-state index is 0.140. The average Bonchev–Trinajstić information content (AvgIpc) is 2.97. The molecule has 0 saturated heterocycles. The number of benzene rings is 1. The summed E-state index contributed by atoms with van der Waals surface area (Å²) in [5, 5.41) is 9.68. The molecule has 0 aliphatic rings. The van der Waals surface area contributed by atoms with Crippen LogP contribution < -0.4 is 4.74 Å². The lowest BCUT2D eigenvalue weighted by Gasteiger charge is -2.24. The van der Waals surface area contributed by atoms with Crippen molar-refractivity contribution in [3.8, 4) is 5.75 Å². The van der Waals surface area contributed by atoms with E-state index in [1.165, 1.54) is 5.56 Å². The summed E-state index contributed by atoms with van der Waals surface area (Å²) in [6.45, 7) is 8.50. The van der Waals surface area contributed by atoms with Crippen LogP contribution in [0.15, 0.2) is 24.4 Å². The third-order valence-corrected chi connectivity index (χ3v) is 4.33. The lowest BCUT2D eigenvalue weighted by molar-refractivity contribution is -0.142. The van der Waals surface area contributed by atoms with Crippen molar-refractivity contribution in [2.45, 2.75) is 46.1 Å². The zero-order chi connectivity index (χ0) is 18.4. The van der Waals surface area contributed by atoms with Gasteiger partial charge in [-0.25, -0.2) is 0 Å². The molecule has 6 heteroatoms. The lowest BCUT2D eigenvalue weighted by Crippen LogP contribution is -2.32. The Morgan fingerprint density at radius 1 is 1.28 bits per heavy atom. The number of nitrogens with one attached hydrogen (secondary N) is 1. The van der Waals surface area contributed by atoms with Gasteiger partial charge < -0.3 is 19.7 Å². The smallest absolute Gasteiger partial charge is 0.311 e. The molecule has 0 aliphatic heterocycles. The third-order valence-electron chi connectivity index (χ3n) is 4.33. The molecular formula is C19H26N2O4. The number of carboxylic acid groups (broad SMARTS) is 1. The third kappa shape index (κ3) is 5.06. The molecule has 2 rings (SSSR count). The Morgan fingerprint density at radius 3 is 2.68 bits per heavy atom. The standard InChI is InChI=1S/C19H26N2O4/c1-4-21(13(2)3)11-10-14-12-20-19-15(14)6-5-7-16(19)25-18(24)9-8-17(22)23/h5-7,12-13,20H,4,8-11H2,1-3H3,(H,22,23). The van der Waals surface area contributed by atoms with Crippen LogP contribution in [0.3, 0.4) is 0 Å². The van der Waals surface area contributed by atoms with Crippen LogP contribution in [-0.2, 0) is 16.0 Å². The molecule has 0 fully saturated rings. The molecule has 2 aromatic rings. The normalized spacial score (nSPS) is 11.4. The summed E-state index contributed by atoms with van der Waals surface area (Å²) in [6, 6.07) is 6.07. The van der Waals surface area contributed by atoms with Gasteiger partial charge in [-0.3, -0.25) is 9.59 Å².